The van der Waals surface area contributed by atoms with Gasteiger partial charge in [0.05, 0.1) is 5.02 Å². The molecule has 4 aliphatic rings. The number of amides is 1. The number of hydrogen-bond donors (Lipinski definition) is 2. The van der Waals surface area contributed by atoms with Crippen molar-refractivity contribution in [3.8, 4) is 11.3 Å². The van der Waals surface area contributed by atoms with Gasteiger partial charge in [-0.3, -0.25) is 10.1 Å². The Morgan fingerprint density at radius 2 is 1.74 bits per heavy atom. The molecular formula is C24H24Cl2N2O2S. The molecule has 4 saturated carbocycles. The fourth-order valence-electron chi connectivity index (χ4n) is 5.94. The predicted molar refractivity (Wildman–Crippen MR) is 128 cm³/mol. The molecule has 0 atom stereocenters. The van der Waals surface area contributed by atoms with E-state index in [0.29, 0.717) is 44.6 Å². The quantitative estimate of drug-likeness (QED) is 0.416. The van der Waals surface area contributed by atoms with Crippen LogP contribution in [0.4, 0.5) is 0 Å². The third-order valence-corrected chi connectivity index (χ3v) is 7.75. The molecule has 1 amide bonds. The van der Waals surface area contributed by atoms with E-state index in [-0.39, 0.29) is 5.91 Å². The minimum atomic E-state index is -0.274. The second-order valence-electron chi connectivity index (χ2n) is 9.08. The Labute approximate surface area is 197 Å². The lowest BCUT2D eigenvalue weighted by atomic mass is 9.54. The van der Waals surface area contributed by atoms with Crippen molar-refractivity contribution in [2.45, 2.75) is 38.1 Å². The van der Waals surface area contributed by atoms with Crippen molar-refractivity contribution in [1.29, 1.82) is 0 Å². The third kappa shape index (κ3) is 4.55. The fourth-order valence-corrected chi connectivity index (χ4v) is 6.67. The van der Waals surface area contributed by atoms with Gasteiger partial charge in [0.2, 0.25) is 5.91 Å². The van der Waals surface area contributed by atoms with Crippen LogP contribution in [-0.4, -0.2) is 17.1 Å². The van der Waals surface area contributed by atoms with Crippen LogP contribution in [0.25, 0.3) is 17.4 Å². The lowest BCUT2D eigenvalue weighted by molar-refractivity contribution is -0.115. The van der Waals surface area contributed by atoms with Gasteiger partial charge in [-0.25, -0.2) is 0 Å². The summed E-state index contributed by atoms with van der Waals surface area (Å²) in [6.07, 6.45) is 9.69. The van der Waals surface area contributed by atoms with Gasteiger partial charge in [0.15, 0.2) is 5.11 Å². The van der Waals surface area contributed by atoms with Crippen LogP contribution in [0, 0.1) is 23.7 Å². The average molecular weight is 475 g/mol. The highest BCUT2D eigenvalue weighted by atomic mass is 35.5. The molecule has 0 aliphatic heterocycles. The lowest BCUT2D eigenvalue weighted by Crippen LogP contribution is -2.57. The number of nitrogens with one attached hydrogen (secondary N) is 2. The Morgan fingerprint density at radius 1 is 1.03 bits per heavy atom. The third-order valence-electron chi connectivity index (χ3n) is 6.98. The SMILES string of the molecule is O=C(/C=C/c1ccc(-c2ccc(Cl)cc2Cl)o1)NC(=S)NC1C2CC3CC(C2)CC1C3. The Balaban J connectivity index is 1.16. The molecule has 31 heavy (non-hydrogen) atoms. The van der Waals surface area contributed by atoms with Crippen LogP contribution < -0.4 is 10.6 Å². The maximum Gasteiger partial charge on any atom is 0.250 e. The number of carbonyl (C=O) groups excluding carboxylic acids is 1. The predicted octanol–water partition coefficient (Wildman–Crippen LogP) is 6.08. The van der Waals surface area contributed by atoms with E-state index >= 15 is 0 Å². The summed E-state index contributed by atoms with van der Waals surface area (Å²) in [7, 11) is 0. The standard InChI is InChI=1S/C24H24Cl2N2O2S/c25-17-1-4-19(20(26)12-17)21-5-2-18(30-21)3-6-22(29)27-24(31)28-23-15-8-13-7-14(10-15)11-16(23)9-13/h1-6,12-16,23H,7-11H2,(H2,27,28,29,31)/b6-3+. The van der Waals surface area contributed by atoms with Gasteiger partial charge < -0.3 is 9.73 Å². The molecule has 1 aromatic heterocycles. The molecule has 1 heterocycles. The molecule has 0 spiro atoms. The van der Waals surface area contributed by atoms with E-state index in [1.54, 1.807) is 30.3 Å². The van der Waals surface area contributed by atoms with Gasteiger partial charge in [0.1, 0.15) is 11.5 Å². The maximum atomic E-state index is 12.3. The van der Waals surface area contributed by atoms with Gasteiger partial charge in [-0.15, -0.1) is 0 Å². The van der Waals surface area contributed by atoms with Crippen molar-refractivity contribution in [2.75, 3.05) is 0 Å². The van der Waals surface area contributed by atoms with Gasteiger partial charge in [-0.05, 0) is 104 Å². The van der Waals surface area contributed by atoms with Crippen LogP contribution in [0.15, 0.2) is 40.8 Å². The molecule has 0 saturated heterocycles. The first-order valence-electron chi connectivity index (χ1n) is 10.8. The number of thiocarbonyl (C=S) groups is 1. The molecule has 7 heteroatoms. The van der Waals surface area contributed by atoms with Crippen LogP contribution in [0.1, 0.15) is 37.9 Å². The van der Waals surface area contributed by atoms with Crippen molar-refractivity contribution in [1.82, 2.24) is 10.6 Å². The van der Waals surface area contributed by atoms with E-state index in [0.717, 1.165) is 17.4 Å². The molecule has 2 N–H and O–H groups in total. The van der Waals surface area contributed by atoms with Crippen molar-refractivity contribution in [3.63, 3.8) is 0 Å². The zero-order chi connectivity index (χ0) is 21.5. The first kappa shape index (κ1) is 21.0. The second kappa shape index (κ2) is 8.61. The summed E-state index contributed by atoms with van der Waals surface area (Å²) in [5.41, 5.74) is 0.746. The molecule has 1 aromatic carbocycles. The number of furan rings is 1. The molecule has 0 radical (unpaired) electrons. The first-order valence-corrected chi connectivity index (χ1v) is 12.0. The van der Waals surface area contributed by atoms with E-state index in [2.05, 4.69) is 10.6 Å². The van der Waals surface area contributed by atoms with Crippen molar-refractivity contribution >= 4 is 52.5 Å². The molecule has 162 valence electrons. The summed E-state index contributed by atoms with van der Waals surface area (Å²) in [6, 6.07) is 9.23. The van der Waals surface area contributed by atoms with Gasteiger partial charge in [-0.1, -0.05) is 23.2 Å². The summed E-state index contributed by atoms with van der Waals surface area (Å²) in [5, 5.41) is 7.72. The highest BCUT2D eigenvalue weighted by molar-refractivity contribution is 7.80. The van der Waals surface area contributed by atoms with Crippen molar-refractivity contribution in [2.24, 2.45) is 23.7 Å². The molecule has 2 aromatic rings. The molecule has 6 rings (SSSR count). The van der Waals surface area contributed by atoms with E-state index < -0.39 is 0 Å². The number of halogens is 2. The highest BCUT2D eigenvalue weighted by Crippen LogP contribution is 2.53. The topological polar surface area (TPSA) is 54.3 Å². The van der Waals surface area contributed by atoms with Crippen LogP contribution in [0.5, 0.6) is 0 Å². The van der Waals surface area contributed by atoms with Crippen LogP contribution in [0.2, 0.25) is 10.0 Å². The molecule has 4 nitrogen and oxygen atoms in total. The van der Waals surface area contributed by atoms with E-state index in [9.17, 15) is 4.79 Å². The molecule has 4 aliphatic carbocycles. The van der Waals surface area contributed by atoms with Crippen molar-refractivity contribution in [3.05, 3.63) is 52.2 Å². The number of rotatable bonds is 4. The Bertz CT molecular complexity index is 1020. The second-order valence-corrected chi connectivity index (χ2v) is 10.3. The number of hydrogen-bond acceptors (Lipinski definition) is 3. The summed E-state index contributed by atoms with van der Waals surface area (Å²) >= 11 is 17.6. The van der Waals surface area contributed by atoms with Gasteiger partial charge >= 0.3 is 0 Å². The maximum absolute atomic E-state index is 12.3. The van der Waals surface area contributed by atoms with Crippen LogP contribution in [-0.2, 0) is 4.79 Å². The zero-order valence-electron chi connectivity index (χ0n) is 16.9. The van der Waals surface area contributed by atoms with E-state index in [1.165, 1.54) is 38.2 Å². The first-order chi connectivity index (χ1) is 14.9. The number of carbonyl (C=O) groups is 1. The smallest absolute Gasteiger partial charge is 0.250 e. The van der Waals surface area contributed by atoms with Crippen LogP contribution in [0.3, 0.4) is 0 Å². The van der Waals surface area contributed by atoms with E-state index in [1.807, 2.05) is 6.07 Å². The molecule has 4 bridgehead atoms. The van der Waals surface area contributed by atoms with Gasteiger partial charge in [0.25, 0.3) is 0 Å². The summed E-state index contributed by atoms with van der Waals surface area (Å²) in [4.78, 5) is 12.3. The summed E-state index contributed by atoms with van der Waals surface area (Å²) in [6.45, 7) is 0. The minimum absolute atomic E-state index is 0.274. The minimum Gasteiger partial charge on any atom is -0.457 e. The van der Waals surface area contributed by atoms with Gasteiger partial charge in [0, 0.05) is 22.7 Å². The normalized spacial score (nSPS) is 28.8. The summed E-state index contributed by atoms with van der Waals surface area (Å²) < 4.78 is 5.79. The summed E-state index contributed by atoms with van der Waals surface area (Å²) in [5.74, 6) is 4.10. The molecule has 0 unspecified atom stereocenters. The Morgan fingerprint density at radius 3 is 2.42 bits per heavy atom. The number of benzene rings is 1. The van der Waals surface area contributed by atoms with Crippen molar-refractivity contribution < 1.29 is 9.21 Å². The Kier molecular flexibility index (Phi) is 5.84. The fraction of sp³-hybridized carbons (Fsp3) is 0.417. The average Bonchev–Trinajstić information content (AvgIpc) is 3.17. The Hall–Kier alpha value is -1.82. The lowest BCUT2D eigenvalue weighted by Gasteiger charge is -2.54. The monoisotopic (exact) mass is 474 g/mol. The van der Waals surface area contributed by atoms with Gasteiger partial charge in [-0.2, -0.15) is 0 Å². The highest BCUT2D eigenvalue weighted by Gasteiger charge is 2.48. The van der Waals surface area contributed by atoms with E-state index in [4.69, 9.17) is 39.8 Å². The van der Waals surface area contributed by atoms with Crippen LogP contribution >= 0.6 is 35.4 Å². The molecule has 4 fully saturated rings. The zero-order valence-corrected chi connectivity index (χ0v) is 19.3. The largest absolute Gasteiger partial charge is 0.457 e. The molecular weight excluding hydrogens is 451 g/mol.